The number of cyclic esters (lactones) is 1. The van der Waals surface area contributed by atoms with E-state index < -0.39 is 12.2 Å². The molecule has 0 bridgehead atoms. The second-order valence-corrected chi connectivity index (χ2v) is 19.4. The molecule has 2 aliphatic carbocycles. The van der Waals surface area contributed by atoms with E-state index in [0.717, 1.165) is 37.4 Å². The first-order valence-electron chi connectivity index (χ1n) is 22.8. The first-order chi connectivity index (χ1) is 29.6. The van der Waals surface area contributed by atoms with E-state index in [1.807, 2.05) is 35.4 Å². The normalized spacial score (nSPS) is 26.5. The van der Waals surface area contributed by atoms with Gasteiger partial charge in [0.05, 0.1) is 78.4 Å². The molecule has 16 heteroatoms. The Morgan fingerprint density at radius 2 is 1.49 bits per heavy atom. The van der Waals surface area contributed by atoms with Crippen LogP contribution in [0.5, 0.6) is 0 Å². The third-order valence-corrected chi connectivity index (χ3v) is 14.7. The lowest BCUT2D eigenvalue weighted by Crippen LogP contribution is -2.42. The van der Waals surface area contributed by atoms with E-state index in [2.05, 4.69) is 42.7 Å². The van der Waals surface area contributed by atoms with Gasteiger partial charge in [0.15, 0.2) is 0 Å². The van der Waals surface area contributed by atoms with Gasteiger partial charge in [-0.15, -0.1) is 0 Å². The van der Waals surface area contributed by atoms with Gasteiger partial charge in [-0.3, -0.25) is 14.4 Å². The van der Waals surface area contributed by atoms with E-state index in [9.17, 15) is 19.2 Å². The van der Waals surface area contributed by atoms with Crippen molar-refractivity contribution in [2.24, 2.45) is 29.6 Å². The summed E-state index contributed by atoms with van der Waals surface area (Å²) in [4.78, 5) is 49.9. The molecule has 4 aliphatic rings. The first-order valence-corrected chi connectivity index (χ1v) is 25.2. The van der Waals surface area contributed by atoms with Crippen molar-refractivity contribution in [1.82, 2.24) is 10.6 Å². The molecular formula is C45H74N2O12S2. The highest BCUT2D eigenvalue weighted by molar-refractivity contribution is 8.77. The molecule has 61 heavy (non-hydrogen) atoms. The molecule has 2 fully saturated rings. The number of nitrogens with one attached hydrogen (secondary N) is 2. The van der Waals surface area contributed by atoms with Crippen molar-refractivity contribution in [3.8, 4) is 0 Å². The van der Waals surface area contributed by atoms with Crippen LogP contribution in [-0.4, -0.2) is 132 Å². The van der Waals surface area contributed by atoms with E-state index in [4.69, 9.17) is 37.9 Å². The molecule has 2 saturated heterocycles. The summed E-state index contributed by atoms with van der Waals surface area (Å²) in [6.45, 7) is 13.3. The number of esters is 2. The van der Waals surface area contributed by atoms with Gasteiger partial charge in [0.25, 0.3) is 0 Å². The van der Waals surface area contributed by atoms with Crippen LogP contribution in [0.3, 0.4) is 0 Å². The quantitative estimate of drug-likeness (QED) is 0.0333. The largest absolute Gasteiger partial charge is 0.462 e. The molecule has 7 unspecified atom stereocenters. The second kappa shape index (κ2) is 29.9. The molecule has 0 aromatic rings. The number of amides is 2. The molecule has 2 aliphatic heterocycles. The molecule has 0 aromatic carbocycles. The average molecular weight is 899 g/mol. The Balaban J connectivity index is 0.944. The summed E-state index contributed by atoms with van der Waals surface area (Å²) in [5.41, 5.74) is 1.23. The van der Waals surface area contributed by atoms with Gasteiger partial charge >= 0.3 is 18.0 Å². The number of alkyl carbamates (subject to hydrolysis) is 1. The molecule has 9 atom stereocenters. The molecule has 348 valence electrons. The Labute approximate surface area is 372 Å². The maximum atomic E-state index is 12.8. The first kappa shape index (κ1) is 51.3. The number of hydrogen-bond acceptors (Lipinski definition) is 14. The summed E-state index contributed by atoms with van der Waals surface area (Å²) in [7, 11) is 3.95. The maximum absolute atomic E-state index is 12.8. The summed E-state index contributed by atoms with van der Waals surface area (Å²) in [5.74, 6) is 1.62. The maximum Gasteiger partial charge on any atom is 0.407 e. The number of hydrogen-bond donors (Lipinski definition) is 2. The minimum atomic E-state index is -0.593. The van der Waals surface area contributed by atoms with Gasteiger partial charge in [0.2, 0.25) is 5.91 Å². The van der Waals surface area contributed by atoms with Crippen LogP contribution in [0.2, 0.25) is 0 Å². The van der Waals surface area contributed by atoms with Crippen molar-refractivity contribution in [3.63, 3.8) is 0 Å². The number of allylic oxidation sites excluding steroid dienone is 3. The summed E-state index contributed by atoms with van der Waals surface area (Å²) in [6, 6.07) is 0. The number of fused-ring (bicyclic) bond motifs is 1. The predicted molar refractivity (Wildman–Crippen MR) is 237 cm³/mol. The van der Waals surface area contributed by atoms with E-state index in [1.165, 1.54) is 24.2 Å². The molecule has 4 rings (SSSR count). The van der Waals surface area contributed by atoms with E-state index in [1.54, 1.807) is 0 Å². The van der Waals surface area contributed by atoms with Gasteiger partial charge in [-0.25, -0.2) is 4.79 Å². The van der Waals surface area contributed by atoms with Crippen LogP contribution < -0.4 is 10.6 Å². The Bertz CT molecular complexity index is 1360. The van der Waals surface area contributed by atoms with Crippen LogP contribution in [-0.2, 0) is 52.3 Å². The van der Waals surface area contributed by atoms with Gasteiger partial charge in [-0.1, -0.05) is 73.9 Å². The summed E-state index contributed by atoms with van der Waals surface area (Å²) in [5, 5.41) is 6.38. The number of unbranched alkanes of at least 4 members (excludes halogenated alkanes) is 1. The summed E-state index contributed by atoms with van der Waals surface area (Å²) in [6.07, 6.45) is 13.6. The second-order valence-electron chi connectivity index (χ2n) is 16.6. The van der Waals surface area contributed by atoms with Crippen molar-refractivity contribution in [2.75, 3.05) is 84.9 Å². The standard InChI is InChI=1S/C45H74N2O12S2/c1-5-33(3)44(50)59-40-29-32(2)28-35-11-10-34(4)39(43(35)40)13-12-36-30-37(31-42(49)57-36)58-45(51)47-16-18-53-20-22-55-24-26-56-25-23-54-21-19-52-17-15-46-41(48)9-7-6-8-38-14-27-60-61-38/h10-11,28,32-34,36-40,43H,5-9,12-27,29-31H2,1-4H3,(H,46,48)(H,47,51)/t32?,33?,34?,36?,37?,38?,39-,40?,43+/m0/s1. The molecule has 0 saturated carbocycles. The monoisotopic (exact) mass is 898 g/mol. The minimum Gasteiger partial charge on any atom is -0.462 e. The zero-order chi connectivity index (χ0) is 43.7. The fraction of sp³-hybridized carbons (Fsp3) is 0.822. The highest BCUT2D eigenvalue weighted by Gasteiger charge is 2.42. The molecule has 0 aromatic heterocycles. The van der Waals surface area contributed by atoms with Gasteiger partial charge in [0.1, 0.15) is 18.3 Å². The molecule has 2 N–H and O–H groups in total. The molecule has 2 amide bonds. The van der Waals surface area contributed by atoms with Crippen LogP contribution in [0.15, 0.2) is 23.8 Å². The molecule has 0 spiro atoms. The number of rotatable bonds is 30. The number of carbonyl (C=O) groups is 4. The summed E-state index contributed by atoms with van der Waals surface area (Å²) >= 11 is 0. The van der Waals surface area contributed by atoms with Gasteiger partial charge in [0, 0.05) is 42.9 Å². The topological polar surface area (TPSA) is 166 Å². The zero-order valence-electron chi connectivity index (χ0n) is 37.1. The van der Waals surface area contributed by atoms with Crippen molar-refractivity contribution in [2.45, 2.75) is 122 Å². The lowest BCUT2D eigenvalue weighted by Gasteiger charge is -2.43. The van der Waals surface area contributed by atoms with Gasteiger partial charge in [-0.05, 0) is 68.3 Å². The summed E-state index contributed by atoms with van der Waals surface area (Å²) < 4.78 is 45.1. The van der Waals surface area contributed by atoms with E-state index >= 15 is 0 Å². The van der Waals surface area contributed by atoms with Crippen molar-refractivity contribution < 1.29 is 57.1 Å². The van der Waals surface area contributed by atoms with Crippen LogP contribution in [0.1, 0.15) is 98.3 Å². The van der Waals surface area contributed by atoms with E-state index in [0.29, 0.717) is 91.2 Å². The Morgan fingerprint density at radius 1 is 0.836 bits per heavy atom. The Morgan fingerprint density at radius 3 is 2.13 bits per heavy atom. The van der Waals surface area contributed by atoms with Gasteiger partial charge < -0.3 is 48.5 Å². The third-order valence-electron chi connectivity index (χ3n) is 11.7. The zero-order valence-corrected chi connectivity index (χ0v) is 38.7. The average Bonchev–Trinajstić information content (AvgIpc) is 3.76. The lowest BCUT2D eigenvalue weighted by molar-refractivity contribution is -0.162. The molecule has 0 radical (unpaired) electrons. The van der Waals surface area contributed by atoms with Crippen molar-refractivity contribution in [1.29, 1.82) is 0 Å². The fourth-order valence-electron chi connectivity index (χ4n) is 8.12. The highest BCUT2D eigenvalue weighted by atomic mass is 33.1. The van der Waals surface area contributed by atoms with Crippen LogP contribution >= 0.6 is 21.6 Å². The highest BCUT2D eigenvalue weighted by Crippen LogP contribution is 2.45. The van der Waals surface area contributed by atoms with Crippen LogP contribution in [0.25, 0.3) is 0 Å². The SMILES string of the molecule is CCC(C)C(=O)OC1CC(C)C=C2C=CC(C)[C@H](CCC3CC(OC(=O)NCCOCCOCCOCCOCCOCCNC(=O)CCCCC4CCSS4)CC(=O)O3)[C@@H]21. The third kappa shape index (κ3) is 20.4. The van der Waals surface area contributed by atoms with Crippen LogP contribution in [0.4, 0.5) is 4.79 Å². The van der Waals surface area contributed by atoms with Gasteiger partial charge in [-0.2, -0.15) is 0 Å². The smallest absolute Gasteiger partial charge is 0.407 e. The lowest BCUT2D eigenvalue weighted by atomic mass is 9.65. The minimum absolute atomic E-state index is 0.0233. The van der Waals surface area contributed by atoms with Crippen LogP contribution in [0, 0.1) is 29.6 Å². The number of ether oxygens (including phenoxy) is 8. The van der Waals surface area contributed by atoms with Crippen molar-refractivity contribution >= 4 is 45.5 Å². The molecule has 14 nitrogen and oxygen atoms in total. The predicted octanol–water partition coefficient (Wildman–Crippen LogP) is 6.84. The Hall–Kier alpha value is -2.34. The van der Waals surface area contributed by atoms with E-state index in [-0.39, 0.29) is 73.3 Å². The fourth-order valence-corrected chi connectivity index (χ4v) is 11.1. The Kier molecular flexibility index (Phi) is 25.2. The molecular weight excluding hydrogens is 825 g/mol. The molecule has 2 heterocycles. The number of carbonyl (C=O) groups excluding carboxylic acids is 4. The van der Waals surface area contributed by atoms with Crippen molar-refractivity contribution in [3.05, 3.63) is 23.8 Å².